The lowest BCUT2D eigenvalue weighted by molar-refractivity contribution is -0.148. The Hall–Kier alpha value is -2.73. The first-order valence-corrected chi connectivity index (χ1v) is 8.75. The Balaban J connectivity index is 2.32. The number of hydrogen-bond donors (Lipinski definition) is 2. The molecule has 0 radical (unpaired) electrons. The Morgan fingerprint density at radius 2 is 1.78 bits per heavy atom. The van der Waals surface area contributed by atoms with Crippen LogP contribution in [-0.2, 0) is 21.5 Å². The number of amides is 1. The van der Waals surface area contributed by atoms with Gasteiger partial charge in [0.2, 0.25) is 5.91 Å². The maximum Gasteiger partial charge on any atom is 0.334 e. The van der Waals surface area contributed by atoms with Crippen LogP contribution < -0.4 is 14.8 Å². The van der Waals surface area contributed by atoms with Crippen LogP contribution in [0, 0.1) is 0 Å². The number of carbonyl (C=O) groups is 2. The highest BCUT2D eigenvalue weighted by Crippen LogP contribution is 2.28. The van der Waals surface area contributed by atoms with E-state index in [9.17, 15) is 14.7 Å². The number of nitrogens with one attached hydrogen (secondary N) is 1. The van der Waals surface area contributed by atoms with Crippen molar-refractivity contribution >= 4 is 23.5 Å². The fourth-order valence-electron chi connectivity index (χ4n) is 2.90. The topological polar surface area (TPSA) is 84.9 Å². The van der Waals surface area contributed by atoms with Crippen molar-refractivity contribution in [3.63, 3.8) is 0 Å². The van der Waals surface area contributed by atoms with Crippen LogP contribution in [0.2, 0.25) is 5.02 Å². The number of hydrogen-bond acceptors (Lipinski definition) is 4. The van der Waals surface area contributed by atoms with E-state index in [4.69, 9.17) is 21.1 Å². The molecule has 1 atom stereocenters. The fourth-order valence-corrected chi connectivity index (χ4v) is 3.03. The number of ether oxygens (including phenoxy) is 2. The van der Waals surface area contributed by atoms with Crippen molar-refractivity contribution in [1.82, 2.24) is 5.32 Å². The molecular weight excluding hydrogens is 370 g/mol. The molecular formula is C20H22ClNO5. The van der Waals surface area contributed by atoms with Gasteiger partial charge in [0.05, 0.1) is 20.6 Å². The van der Waals surface area contributed by atoms with Crippen LogP contribution in [0.1, 0.15) is 24.5 Å². The lowest BCUT2D eigenvalue weighted by Gasteiger charge is -2.30. The monoisotopic (exact) mass is 391 g/mol. The summed E-state index contributed by atoms with van der Waals surface area (Å²) in [5.74, 6) is -0.481. The van der Waals surface area contributed by atoms with Crippen molar-refractivity contribution in [2.45, 2.75) is 25.3 Å². The smallest absolute Gasteiger partial charge is 0.334 e. The zero-order chi connectivity index (χ0) is 20.0. The standard InChI is InChI=1S/C20H22ClNO5/c1-4-20(19(24)25,14-5-7-15(21)8-6-14)22-18(23)12-13-11-16(26-2)9-10-17(13)27-3/h5-11H,4,12H2,1-3H3,(H,22,23)(H,24,25). The van der Waals surface area contributed by atoms with Gasteiger partial charge in [-0.3, -0.25) is 4.79 Å². The van der Waals surface area contributed by atoms with E-state index in [0.717, 1.165) is 0 Å². The highest BCUT2D eigenvalue weighted by molar-refractivity contribution is 6.30. The molecule has 144 valence electrons. The Morgan fingerprint density at radius 1 is 1.11 bits per heavy atom. The van der Waals surface area contributed by atoms with Crippen LogP contribution in [0.4, 0.5) is 0 Å². The van der Waals surface area contributed by atoms with Crippen molar-refractivity contribution in [3.8, 4) is 11.5 Å². The summed E-state index contributed by atoms with van der Waals surface area (Å²) >= 11 is 5.90. The van der Waals surface area contributed by atoms with Crippen LogP contribution in [0.3, 0.4) is 0 Å². The summed E-state index contributed by atoms with van der Waals surface area (Å²) in [6.45, 7) is 1.70. The van der Waals surface area contributed by atoms with E-state index in [0.29, 0.717) is 27.6 Å². The minimum Gasteiger partial charge on any atom is -0.497 e. The molecule has 1 amide bonds. The molecule has 0 aliphatic heterocycles. The first-order valence-electron chi connectivity index (χ1n) is 8.37. The molecule has 0 bridgehead atoms. The average molecular weight is 392 g/mol. The number of carboxylic acid groups (broad SMARTS) is 1. The predicted molar refractivity (Wildman–Crippen MR) is 102 cm³/mol. The third kappa shape index (κ3) is 4.52. The minimum atomic E-state index is -1.55. The highest BCUT2D eigenvalue weighted by atomic mass is 35.5. The third-order valence-corrected chi connectivity index (χ3v) is 4.68. The van der Waals surface area contributed by atoms with Gasteiger partial charge in [0.1, 0.15) is 11.5 Å². The maximum absolute atomic E-state index is 12.7. The van der Waals surface area contributed by atoms with E-state index in [1.54, 1.807) is 49.4 Å². The normalized spacial score (nSPS) is 12.7. The van der Waals surface area contributed by atoms with Crippen LogP contribution >= 0.6 is 11.6 Å². The van der Waals surface area contributed by atoms with Crippen molar-refractivity contribution in [3.05, 3.63) is 58.6 Å². The summed E-state index contributed by atoms with van der Waals surface area (Å²) in [4.78, 5) is 24.8. The molecule has 2 aromatic rings. The second kappa shape index (κ2) is 8.77. The number of carboxylic acids is 1. The number of methoxy groups -OCH3 is 2. The maximum atomic E-state index is 12.7. The van der Waals surface area contributed by atoms with Crippen LogP contribution in [0.15, 0.2) is 42.5 Å². The first kappa shape index (κ1) is 20.6. The van der Waals surface area contributed by atoms with Crippen molar-refractivity contribution in [2.75, 3.05) is 14.2 Å². The number of aliphatic carboxylic acids is 1. The highest BCUT2D eigenvalue weighted by Gasteiger charge is 2.40. The van der Waals surface area contributed by atoms with Gasteiger partial charge in [-0.25, -0.2) is 4.79 Å². The molecule has 0 fully saturated rings. The number of halogens is 1. The lowest BCUT2D eigenvalue weighted by atomic mass is 9.87. The van der Waals surface area contributed by atoms with Gasteiger partial charge in [-0.15, -0.1) is 0 Å². The van der Waals surface area contributed by atoms with E-state index in [1.165, 1.54) is 14.2 Å². The van der Waals surface area contributed by atoms with Gasteiger partial charge in [-0.2, -0.15) is 0 Å². The molecule has 2 rings (SSSR count). The molecule has 2 N–H and O–H groups in total. The minimum absolute atomic E-state index is 0.0526. The van der Waals surface area contributed by atoms with E-state index in [1.807, 2.05) is 0 Å². The van der Waals surface area contributed by atoms with Gasteiger partial charge in [0, 0.05) is 10.6 Å². The second-order valence-electron chi connectivity index (χ2n) is 5.97. The van der Waals surface area contributed by atoms with Gasteiger partial charge in [-0.1, -0.05) is 30.7 Å². The molecule has 7 heteroatoms. The Kier molecular flexibility index (Phi) is 6.69. The van der Waals surface area contributed by atoms with Gasteiger partial charge < -0.3 is 19.9 Å². The number of benzene rings is 2. The molecule has 0 aliphatic carbocycles. The molecule has 0 aromatic heterocycles. The van der Waals surface area contributed by atoms with Gasteiger partial charge >= 0.3 is 5.97 Å². The zero-order valence-corrected chi connectivity index (χ0v) is 16.2. The van der Waals surface area contributed by atoms with E-state index >= 15 is 0 Å². The second-order valence-corrected chi connectivity index (χ2v) is 6.41. The van der Waals surface area contributed by atoms with Gasteiger partial charge in [-0.05, 0) is 42.3 Å². The SMILES string of the molecule is CCC(NC(=O)Cc1cc(OC)ccc1OC)(C(=O)O)c1ccc(Cl)cc1. The summed E-state index contributed by atoms with van der Waals surface area (Å²) in [5.41, 5.74) is -0.498. The molecule has 0 saturated carbocycles. The Morgan fingerprint density at radius 3 is 2.30 bits per heavy atom. The summed E-state index contributed by atoms with van der Waals surface area (Å²) in [6.07, 6.45) is 0.119. The van der Waals surface area contributed by atoms with Crippen LogP contribution in [-0.4, -0.2) is 31.2 Å². The molecule has 0 saturated heterocycles. The van der Waals surface area contributed by atoms with Gasteiger partial charge in [0.25, 0.3) is 0 Å². The van der Waals surface area contributed by atoms with E-state index in [-0.39, 0.29) is 12.8 Å². The summed E-state index contributed by atoms with van der Waals surface area (Å²) in [7, 11) is 3.03. The largest absolute Gasteiger partial charge is 0.497 e. The fraction of sp³-hybridized carbons (Fsp3) is 0.300. The van der Waals surface area contributed by atoms with E-state index in [2.05, 4.69) is 5.32 Å². The molecule has 1 unspecified atom stereocenters. The van der Waals surface area contributed by atoms with Crippen molar-refractivity contribution < 1.29 is 24.2 Å². The third-order valence-electron chi connectivity index (χ3n) is 4.42. The lowest BCUT2D eigenvalue weighted by Crippen LogP contribution is -2.52. The first-order chi connectivity index (χ1) is 12.9. The summed E-state index contributed by atoms with van der Waals surface area (Å²) in [5, 5.41) is 13.0. The average Bonchev–Trinajstić information content (AvgIpc) is 2.66. The molecule has 0 aliphatic rings. The van der Waals surface area contributed by atoms with Crippen LogP contribution in [0.25, 0.3) is 0 Å². The van der Waals surface area contributed by atoms with Crippen molar-refractivity contribution in [1.29, 1.82) is 0 Å². The zero-order valence-electron chi connectivity index (χ0n) is 15.4. The molecule has 27 heavy (non-hydrogen) atoms. The molecule has 0 heterocycles. The predicted octanol–water partition coefficient (Wildman–Crippen LogP) is 3.41. The molecule has 0 spiro atoms. The number of rotatable bonds is 8. The van der Waals surface area contributed by atoms with Crippen LogP contribution in [0.5, 0.6) is 11.5 Å². The molecule has 6 nitrogen and oxygen atoms in total. The summed E-state index contributed by atoms with van der Waals surface area (Å²) < 4.78 is 10.5. The summed E-state index contributed by atoms with van der Waals surface area (Å²) in [6, 6.07) is 11.5. The molecule has 2 aromatic carbocycles. The van der Waals surface area contributed by atoms with E-state index < -0.39 is 17.4 Å². The quantitative estimate of drug-likeness (QED) is 0.720. The number of carbonyl (C=O) groups excluding carboxylic acids is 1. The van der Waals surface area contributed by atoms with Gasteiger partial charge in [0.15, 0.2) is 5.54 Å². The Labute approximate surface area is 163 Å². The van der Waals surface area contributed by atoms with Crippen molar-refractivity contribution in [2.24, 2.45) is 0 Å². The Bertz CT molecular complexity index is 822.